The maximum absolute atomic E-state index is 14.3. The van der Waals surface area contributed by atoms with Crippen molar-refractivity contribution in [2.75, 3.05) is 33.4 Å². The lowest BCUT2D eigenvalue weighted by molar-refractivity contribution is 0.101. The van der Waals surface area contributed by atoms with E-state index in [0.29, 0.717) is 40.6 Å². The molecule has 1 aromatic heterocycles. The molecule has 2 heterocycles. The molecule has 0 bridgehead atoms. The molecule has 4 rings (SSSR count). The zero-order chi connectivity index (χ0) is 22.7. The number of Topliss-reactive ketones (excluding diaryl/α,β-unsaturated/α-hetero) is 1. The highest BCUT2D eigenvalue weighted by molar-refractivity contribution is 5.94. The smallest absolute Gasteiger partial charge is 0.170 e. The summed E-state index contributed by atoms with van der Waals surface area (Å²) in [4.78, 5) is 14.0. The van der Waals surface area contributed by atoms with Crippen molar-refractivity contribution in [3.8, 4) is 11.5 Å². The number of carbonyl (C=O) groups is 1. The SMILES string of the molecule is COc1cc(C(C)=O)ccc1OC[C@@H](C)CN1CCC(c2noc3cccc(F)c23)CC1. The summed E-state index contributed by atoms with van der Waals surface area (Å²) in [5.74, 6) is 1.46. The van der Waals surface area contributed by atoms with E-state index in [4.69, 9.17) is 14.0 Å². The number of hydrogen-bond acceptors (Lipinski definition) is 6. The van der Waals surface area contributed by atoms with E-state index in [0.717, 1.165) is 38.2 Å². The lowest BCUT2D eigenvalue weighted by atomic mass is 9.91. The number of halogens is 1. The Balaban J connectivity index is 1.29. The van der Waals surface area contributed by atoms with Gasteiger partial charge in [0.1, 0.15) is 5.82 Å². The third-order valence-corrected chi connectivity index (χ3v) is 6.11. The first-order valence-electron chi connectivity index (χ1n) is 11.0. The molecule has 1 atom stereocenters. The van der Waals surface area contributed by atoms with Gasteiger partial charge < -0.3 is 18.9 Å². The van der Waals surface area contributed by atoms with E-state index in [2.05, 4.69) is 17.0 Å². The lowest BCUT2D eigenvalue weighted by Gasteiger charge is -2.32. The van der Waals surface area contributed by atoms with Crippen LogP contribution in [-0.4, -0.2) is 49.2 Å². The van der Waals surface area contributed by atoms with E-state index in [9.17, 15) is 9.18 Å². The van der Waals surface area contributed by atoms with Crippen LogP contribution in [0.25, 0.3) is 11.0 Å². The fourth-order valence-electron chi connectivity index (χ4n) is 4.37. The fraction of sp³-hybridized carbons (Fsp3) is 0.440. The van der Waals surface area contributed by atoms with Crippen LogP contribution in [0.5, 0.6) is 11.5 Å². The highest BCUT2D eigenvalue weighted by Crippen LogP contribution is 2.34. The van der Waals surface area contributed by atoms with Crippen LogP contribution in [0.2, 0.25) is 0 Å². The summed E-state index contributed by atoms with van der Waals surface area (Å²) >= 11 is 0. The molecule has 0 unspecified atom stereocenters. The predicted molar refractivity (Wildman–Crippen MR) is 120 cm³/mol. The minimum absolute atomic E-state index is 0.00650. The van der Waals surface area contributed by atoms with E-state index in [-0.39, 0.29) is 17.5 Å². The second kappa shape index (κ2) is 9.69. The van der Waals surface area contributed by atoms with Crippen LogP contribution in [0.15, 0.2) is 40.9 Å². The molecule has 7 heteroatoms. The van der Waals surface area contributed by atoms with Gasteiger partial charge in [-0.1, -0.05) is 18.1 Å². The summed E-state index contributed by atoms with van der Waals surface area (Å²) in [6.07, 6.45) is 1.84. The van der Waals surface area contributed by atoms with Crippen molar-refractivity contribution in [2.24, 2.45) is 5.92 Å². The molecule has 0 amide bonds. The first-order chi connectivity index (χ1) is 15.5. The van der Waals surface area contributed by atoms with Gasteiger partial charge in [0.15, 0.2) is 22.9 Å². The first-order valence-corrected chi connectivity index (χ1v) is 11.0. The molecule has 0 radical (unpaired) electrons. The van der Waals surface area contributed by atoms with Crippen molar-refractivity contribution in [1.29, 1.82) is 0 Å². The molecular formula is C25H29FN2O4. The highest BCUT2D eigenvalue weighted by Gasteiger charge is 2.27. The third-order valence-electron chi connectivity index (χ3n) is 6.11. The standard InChI is InChI=1S/C25H29FN2O4/c1-16(15-31-21-8-7-19(17(2)29)13-23(21)30-3)14-28-11-9-18(10-12-28)25-24-20(26)5-4-6-22(24)32-27-25/h4-8,13,16,18H,9-12,14-15H2,1-3H3/t16-/m0/s1. The quantitative estimate of drug-likeness (QED) is 0.456. The topological polar surface area (TPSA) is 64.8 Å². The number of fused-ring (bicyclic) bond motifs is 1. The molecule has 1 fully saturated rings. The Morgan fingerprint density at radius 3 is 2.75 bits per heavy atom. The summed E-state index contributed by atoms with van der Waals surface area (Å²) in [7, 11) is 1.57. The highest BCUT2D eigenvalue weighted by atomic mass is 19.1. The van der Waals surface area contributed by atoms with Gasteiger partial charge >= 0.3 is 0 Å². The maximum atomic E-state index is 14.3. The molecule has 0 saturated carbocycles. The Hall–Kier alpha value is -2.93. The monoisotopic (exact) mass is 440 g/mol. The molecule has 0 aliphatic carbocycles. The Labute approximate surface area is 187 Å². The van der Waals surface area contributed by atoms with E-state index >= 15 is 0 Å². The van der Waals surface area contributed by atoms with Gasteiger partial charge in [-0.05, 0) is 63.2 Å². The number of likely N-dealkylation sites (tertiary alicyclic amines) is 1. The Morgan fingerprint density at radius 1 is 1.25 bits per heavy atom. The number of rotatable bonds is 8. The van der Waals surface area contributed by atoms with Crippen LogP contribution in [-0.2, 0) is 0 Å². The van der Waals surface area contributed by atoms with Crippen molar-refractivity contribution >= 4 is 16.8 Å². The maximum Gasteiger partial charge on any atom is 0.170 e. The average Bonchev–Trinajstić information content (AvgIpc) is 3.23. The molecule has 0 spiro atoms. The van der Waals surface area contributed by atoms with Crippen LogP contribution in [0.3, 0.4) is 0 Å². The van der Waals surface area contributed by atoms with Crippen LogP contribution in [0, 0.1) is 11.7 Å². The molecule has 3 aromatic rings. The number of methoxy groups -OCH3 is 1. The van der Waals surface area contributed by atoms with Gasteiger partial charge in [-0.15, -0.1) is 0 Å². The number of ether oxygens (including phenoxy) is 2. The number of hydrogen-bond donors (Lipinski definition) is 0. The van der Waals surface area contributed by atoms with Crippen molar-refractivity contribution in [1.82, 2.24) is 10.1 Å². The number of benzene rings is 2. The fourth-order valence-corrected chi connectivity index (χ4v) is 4.37. The lowest BCUT2D eigenvalue weighted by Crippen LogP contribution is -2.37. The second-order valence-corrected chi connectivity index (χ2v) is 8.59. The number of piperidine rings is 1. The van der Waals surface area contributed by atoms with Crippen LogP contribution in [0.1, 0.15) is 48.7 Å². The second-order valence-electron chi connectivity index (χ2n) is 8.59. The minimum atomic E-state index is -0.265. The molecule has 6 nitrogen and oxygen atoms in total. The van der Waals surface area contributed by atoms with Crippen LogP contribution >= 0.6 is 0 Å². The van der Waals surface area contributed by atoms with Gasteiger partial charge in [0, 0.05) is 23.9 Å². The normalized spacial score (nSPS) is 16.2. The van der Waals surface area contributed by atoms with E-state index < -0.39 is 0 Å². The largest absolute Gasteiger partial charge is 0.493 e. The molecule has 170 valence electrons. The molecule has 1 saturated heterocycles. The predicted octanol–water partition coefficient (Wildman–Crippen LogP) is 5.07. The summed E-state index contributed by atoms with van der Waals surface area (Å²) in [6.45, 7) is 7.00. The van der Waals surface area contributed by atoms with Crippen LogP contribution in [0.4, 0.5) is 4.39 Å². The van der Waals surface area contributed by atoms with E-state index in [1.54, 1.807) is 37.4 Å². The number of carbonyl (C=O) groups excluding carboxylic acids is 1. The molecule has 1 aliphatic rings. The van der Waals surface area contributed by atoms with Gasteiger partial charge in [-0.2, -0.15) is 0 Å². The number of ketones is 1. The molecule has 2 aromatic carbocycles. The van der Waals surface area contributed by atoms with Crippen molar-refractivity contribution in [2.45, 2.75) is 32.6 Å². The van der Waals surface area contributed by atoms with Gasteiger partial charge in [0.25, 0.3) is 0 Å². The van der Waals surface area contributed by atoms with Crippen LogP contribution < -0.4 is 9.47 Å². The summed E-state index contributed by atoms with van der Waals surface area (Å²) in [5, 5.41) is 4.70. The minimum Gasteiger partial charge on any atom is -0.493 e. The van der Waals surface area contributed by atoms with Gasteiger partial charge in [0.2, 0.25) is 0 Å². The van der Waals surface area contributed by atoms with Gasteiger partial charge in [-0.25, -0.2) is 4.39 Å². The molecule has 32 heavy (non-hydrogen) atoms. The van der Waals surface area contributed by atoms with Gasteiger partial charge in [-0.3, -0.25) is 4.79 Å². The zero-order valence-electron chi connectivity index (χ0n) is 18.8. The zero-order valence-corrected chi connectivity index (χ0v) is 18.8. The summed E-state index contributed by atoms with van der Waals surface area (Å²) in [6, 6.07) is 10.1. The molecular weight excluding hydrogens is 411 g/mol. The van der Waals surface area contributed by atoms with Crippen molar-refractivity contribution in [3.05, 3.63) is 53.5 Å². The number of nitrogens with zero attached hydrogens (tertiary/aromatic N) is 2. The summed E-state index contributed by atoms with van der Waals surface area (Å²) < 4.78 is 31.0. The first kappa shape index (κ1) is 22.3. The average molecular weight is 441 g/mol. The van der Waals surface area contributed by atoms with Gasteiger partial charge in [0.05, 0.1) is 24.8 Å². The number of aromatic nitrogens is 1. The Kier molecular flexibility index (Phi) is 6.74. The Morgan fingerprint density at radius 2 is 2.03 bits per heavy atom. The third kappa shape index (κ3) is 4.78. The Bertz CT molecular complexity index is 1090. The van der Waals surface area contributed by atoms with Crippen molar-refractivity contribution in [3.63, 3.8) is 0 Å². The molecule has 0 N–H and O–H groups in total. The van der Waals surface area contributed by atoms with E-state index in [1.807, 2.05) is 0 Å². The van der Waals surface area contributed by atoms with E-state index in [1.165, 1.54) is 13.0 Å². The molecule has 1 aliphatic heterocycles. The summed E-state index contributed by atoms with van der Waals surface area (Å²) in [5.41, 5.74) is 1.86. The van der Waals surface area contributed by atoms with Crippen molar-refractivity contribution < 1.29 is 23.2 Å².